The van der Waals surface area contributed by atoms with Crippen LogP contribution in [-0.4, -0.2) is 24.4 Å². The SMILES string of the molecule is CCNC(=O)[C@@H](C)NC(=O)c1ccccc1Cl. The van der Waals surface area contributed by atoms with E-state index in [9.17, 15) is 9.59 Å². The van der Waals surface area contributed by atoms with Crippen LogP contribution < -0.4 is 10.6 Å². The summed E-state index contributed by atoms with van der Waals surface area (Å²) in [5.74, 6) is -0.567. The fourth-order valence-corrected chi connectivity index (χ4v) is 1.53. The van der Waals surface area contributed by atoms with Crippen LogP contribution in [0.3, 0.4) is 0 Å². The van der Waals surface area contributed by atoms with Gasteiger partial charge in [0.1, 0.15) is 6.04 Å². The standard InChI is InChI=1S/C12H15ClN2O2/c1-3-14-11(16)8(2)15-12(17)9-6-4-5-7-10(9)13/h4-8H,3H2,1-2H3,(H,14,16)(H,15,17)/t8-/m1/s1. The minimum absolute atomic E-state index is 0.215. The Morgan fingerprint density at radius 2 is 2.00 bits per heavy atom. The third-order valence-electron chi connectivity index (χ3n) is 2.21. The molecule has 0 saturated heterocycles. The van der Waals surface area contributed by atoms with Crippen LogP contribution in [0.5, 0.6) is 0 Å². The van der Waals surface area contributed by atoms with Gasteiger partial charge in [-0.05, 0) is 26.0 Å². The highest BCUT2D eigenvalue weighted by Crippen LogP contribution is 2.14. The Labute approximate surface area is 105 Å². The van der Waals surface area contributed by atoms with E-state index in [-0.39, 0.29) is 11.8 Å². The monoisotopic (exact) mass is 254 g/mol. The van der Waals surface area contributed by atoms with Crippen molar-refractivity contribution < 1.29 is 9.59 Å². The lowest BCUT2D eigenvalue weighted by Crippen LogP contribution is -2.44. The van der Waals surface area contributed by atoms with Gasteiger partial charge in [-0.1, -0.05) is 23.7 Å². The van der Waals surface area contributed by atoms with Crippen LogP contribution in [0.25, 0.3) is 0 Å². The van der Waals surface area contributed by atoms with Gasteiger partial charge in [-0.25, -0.2) is 0 Å². The minimum Gasteiger partial charge on any atom is -0.355 e. The van der Waals surface area contributed by atoms with Crippen LogP contribution in [0.2, 0.25) is 5.02 Å². The summed E-state index contributed by atoms with van der Waals surface area (Å²) in [7, 11) is 0. The van der Waals surface area contributed by atoms with E-state index >= 15 is 0 Å². The molecule has 0 aromatic heterocycles. The Kier molecular flexibility index (Phi) is 4.97. The average Bonchev–Trinajstić information content (AvgIpc) is 2.29. The zero-order valence-electron chi connectivity index (χ0n) is 9.79. The van der Waals surface area contributed by atoms with Crippen molar-refractivity contribution in [1.82, 2.24) is 10.6 Å². The van der Waals surface area contributed by atoms with E-state index in [0.29, 0.717) is 17.1 Å². The van der Waals surface area contributed by atoms with E-state index < -0.39 is 6.04 Å². The predicted octanol–water partition coefficient (Wildman–Crippen LogP) is 1.59. The highest BCUT2D eigenvalue weighted by atomic mass is 35.5. The Balaban J connectivity index is 2.67. The van der Waals surface area contributed by atoms with Gasteiger partial charge in [0.25, 0.3) is 5.91 Å². The third kappa shape index (κ3) is 3.75. The summed E-state index contributed by atoms with van der Waals surface area (Å²) < 4.78 is 0. The van der Waals surface area contributed by atoms with E-state index in [4.69, 9.17) is 11.6 Å². The van der Waals surface area contributed by atoms with E-state index in [2.05, 4.69) is 10.6 Å². The largest absolute Gasteiger partial charge is 0.355 e. The molecule has 4 nitrogen and oxygen atoms in total. The van der Waals surface area contributed by atoms with Crippen LogP contribution >= 0.6 is 11.6 Å². The zero-order valence-corrected chi connectivity index (χ0v) is 10.5. The summed E-state index contributed by atoms with van der Waals surface area (Å²) in [6, 6.07) is 6.12. The molecule has 1 aromatic rings. The molecule has 0 aliphatic heterocycles. The molecular weight excluding hydrogens is 240 g/mol. The van der Waals surface area contributed by atoms with Crippen LogP contribution in [-0.2, 0) is 4.79 Å². The maximum Gasteiger partial charge on any atom is 0.253 e. The van der Waals surface area contributed by atoms with E-state index in [1.807, 2.05) is 6.92 Å². The fraction of sp³-hybridized carbons (Fsp3) is 0.333. The van der Waals surface area contributed by atoms with Gasteiger partial charge in [0.2, 0.25) is 5.91 Å². The van der Waals surface area contributed by atoms with Crippen molar-refractivity contribution in [2.45, 2.75) is 19.9 Å². The van der Waals surface area contributed by atoms with Gasteiger partial charge in [0.05, 0.1) is 10.6 Å². The fourth-order valence-electron chi connectivity index (χ4n) is 1.31. The quantitative estimate of drug-likeness (QED) is 0.857. The molecular formula is C12H15ClN2O2. The second kappa shape index (κ2) is 6.25. The Hall–Kier alpha value is -1.55. The normalized spacial score (nSPS) is 11.7. The second-order valence-electron chi connectivity index (χ2n) is 3.57. The number of benzene rings is 1. The summed E-state index contributed by atoms with van der Waals surface area (Å²) >= 11 is 5.88. The molecule has 0 aliphatic rings. The summed E-state index contributed by atoms with van der Waals surface area (Å²) in [6.45, 7) is 3.98. The van der Waals surface area contributed by atoms with Crippen LogP contribution in [0.15, 0.2) is 24.3 Å². The predicted molar refractivity (Wildman–Crippen MR) is 67.1 cm³/mol. The van der Waals surface area contributed by atoms with Gasteiger partial charge in [-0.3, -0.25) is 9.59 Å². The van der Waals surface area contributed by atoms with Crippen molar-refractivity contribution in [3.05, 3.63) is 34.9 Å². The molecule has 1 rings (SSSR count). The number of likely N-dealkylation sites (N-methyl/N-ethyl adjacent to an activating group) is 1. The van der Waals surface area contributed by atoms with Gasteiger partial charge in [0, 0.05) is 6.54 Å². The van der Waals surface area contributed by atoms with Gasteiger partial charge < -0.3 is 10.6 Å². The molecule has 2 N–H and O–H groups in total. The highest BCUT2D eigenvalue weighted by molar-refractivity contribution is 6.33. The number of hydrogen-bond donors (Lipinski definition) is 2. The van der Waals surface area contributed by atoms with Gasteiger partial charge in [-0.2, -0.15) is 0 Å². The summed E-state index contributed by atoms with van der Waals surface area (Å²) in [6.07, 6.45) is 0. The molecule has 92 valence electrons. The zero-order chi connectivity index (χ0) is 12.8. The van der Waals surface area contributed by atoms with E-state index in [1.54, 1.807) is 31.2 Å². The first kappa shape index (κ1) is 13.5. The summed E-state index contributed by atoms with van der Waals surface area (Å²) in [5, 5.41) is 5.58. The first-order valence-corrected chi connectivity index (χ1v) is 5.77. The number of carbonyl (C=O) groups excluding carboxylic acids is 2. The lowest BCUT2D eigenvalue weighted by atomic mass is 10.2. The molecule has 17 heavy (non-hydrogen) atoms. The third-order valence-corrected chi connectivity index (χ3v) is 2.54. The molecule has 0 fully saturated rings. The molecule has 0 saturated carbocycles. The minimum atomic E-state index is -0.585. The molecule has 0 bridgehead atoms. The first-order valence-electron chi connectivity index (χ1n) is 5.39. The van der Waals surface area contributed by atoms with Crippen molar-refractivity contribution in [2.75, 3.05) is 6.54 Å². The van der Waals surface area contributed by atoms with Gasteiger partial charge in [0.15, 0.2) is 0 Å². The Morgan fingerprint density at radius 1 is 1.35 bits per heavy atom. The molecule has 2 amide bonds. The van der Waals surface area contributed by atoms with E-state index in [1.165, 1.54) is 0 Å². The van der Waals surface area contributed by atoms with E-state index in [0.717, 1.165) is 0 Å². The molecule has 1 atom stereocenters. The van der Waals surface area contributed by atoms with Crippen LogP contribution in [0.4, 0.5) is 0 Å². The lowest BCUT2D eigenvalue weighted by molar-refractivity contribution is -0.122. The Morgan fingerprint density at radius 3 is 2.59 bits per heavy atom. The van der Waals surface area contributed by atoms with Crippen LogP contribution in [0.1, 0.15) is 24.2 Å². The van der Waals surface area contributed by atoms with Gasteiger partial charge in [-0.15, -0.1) is 0 Å². The van der Waals surface area contributed by atoms with Crippen molar-refractivity contribution in [1.29, 1.82) is 0 Å². The number of carbonyl (C=O) groups is 2. The number of amides is 2. The topological polar surface area (TPSA) is 58.2 Å². The second-order valence-corrected chi connectivity index (χ2v) is 3.98. The maximum absolute atomic E-state index is 11.8. The lowest BCUT2D eigenvalue weighted by Gasteiger charge is -2.13. The molecule has 0 heterocycles. The first-order chi connectivity index (χ1) is 8.06. The van der Waals surface area contributed by atoms with Crippen molar-refractivity contribution in [2.24, 2.45) is 0 Å². The molecule has 1 aromatic carbocycles. The molecule has 0 radical (unpaired) electrons. The van der Waals surface area contributed by atoms with Gasteiger partial charge >= 0.3 is 0 Å². The van der Waals surface area contributed by atoms with Crippen LogP contribution in [0, 0.1) is 0 Å². The molecule has 0 spiro atoms. The maximum atomic E-state index is 11.8. The average molecular weight is 255 g/mol. The smallest absolute Gasteiger partial charge is 0.253 e. The number of hydrogen-bond acceptors (Lipinski definition) is 2. The highest BCUT2D eigenvalue weighted by Gasteiger charge is 2.17. The van der Waals surface area contributed by atoms with Crippen molar-refractivity contribution >= 4 is 23.4 Å². The molecule has 5 heteroatoms. The Bertz CT molecular complexity index is 421. The number of rotatable bonds is 4. The van der Waals surface area contributed by atoms with Crippen molar-refractivity contribution in [3.63, 3.8) is 0 Å². The van der Waals surface area contributed by atoms with Crippen molar-refractivity contribution in [3.8, 4) is 0 Å². The molecule has 0 aliphatic carbocycles. The molecule has 0 unspecified atom stereocenters. The number of nitrogens with one attached hydrogen (secondary N) is 2. The number of halogens is 1. The summed E-state index contributed by atoms with van der Waals surface area (Å²) in [5.41, 5.74) is 0.366. The summed E-state index contributed by atoms with van der Waals surface area (Å²) in [4.78, 5) is 23.2.